The van der Waals surface area contributed by atoms with Gasteiger partial charge in [0, 0.05) is 6.42 Å². The van der Waals surface area contributed by atoms with Crippen LogP contribution in [-0.2, 0) is 23.0 Å². The van der Waals surface area contributed by atoms with E-state index in [-0.39, 0.29) is 10.6 Å². The molecule has 0 aliphatic carbocycles. The molecule has 0 amide bonds. The van der Waals surface area contributed by atoms with E-state index in [1.54, 1.807) is 18.3 Å². The minimum absolute atomic E-state index is 0.0808. The van der Waals surface area contributed by atoms with Gasteiger partial charge in [0.1, 0.15) is 10.7 Å². The van der Waals surface area contributed by atoms with E-state index in [1.807, 2.05) is 6.92 Å². The van der Waals surface area contributed by atoms with E-state index in [2.05, 4.69) is 10.3 Å². The fourth-order valence-electron chi connectivity index (χ4n) is 1.71. The molecule has 2 aromatic rings. The van der Waals surface area contributed by atoms with Crippen molar-refractivity contribution in [2.45, 2.75) is 24.8 Å². The first-order valence-corrected chi connectivity index (χ1v) is 7.55. The van der Waals surface area contributed by atoms with Crippen LogP contribution in [0.15, 0.2) is 33.7 Å². The van der Waals surface area contributed by atoms with Gasteiger partial charge in [-0.25, -0.2) is 18.5 Å². The molecule has 108 valence electrons. The van der Waals surface area contributed by atoms with Crippen LogP contribution in [0.3, 0.4) is 0 Å². The monoisotopic (exact) mass is 296 g/mol. The van der Waals surface area contributed by atoms with E-state index < -0.39 is 10.0 Å². The molecular formula is C12H16N4O3S. The van der Waals surface area contributed by atoms with E-state index >= 15 is 0 Å². The average Bonchev–Trinajstić information content (AvgIpc) is 2.84. The molecule has 2 rings (SSSR count). The second-order valence-electron chi connectivity index (χ2n) is 4.19. The maximum atomic E-state index is 11.4. The van der Waals surface area contributed by atoms with Crippen molar-refractivity contribution in [1.29, 1.82) is 0 Å². The number of rotatable bonds is 5. The summed E-state index contributed by atoms with van der Waals surface area (Å²) in [6.45, 7) is 2.27. The number of aryl methyl sites for hydroxylation is 1. The van der Waals surface area contributed by atoms with Crippen LogP contribution in [0.2, 0.25) is 0 Å². The third kappa shape index (κ3) is 3.09. The third-order valence-corrected chi connectivity index (χ3v) is 3.72. The number of nitrogens with two attached hydrogens (primary N) is 2. The number of para-hydroxylation sites is 1. The molecule has 1 aromatic carbocycles. The van der Waals surface area contributed by atoms with Crippen LogP contribution in [-0.4, -0.2) is 13.4 Å². The maximum Gasteiger partial charge on any atom is 0.240 e. The number of nitrogens with one attached hydrogen (secondary N) is 1. The second-order valence-corrected chi connectivity index (χ2v) is 5.72. The zero-order valence-electron chi connectivity index (χ0n) is 11.0. The Bertz CT molecular complexity index is 709. The predicted molar refractivity (Wildman–Crippen MR) is 75.4 cm³/mol. The third-order valence-electron chi connectivity index (χ3n) is 2.75. The summed E-state index contributed by atoms with van der Waals surface area (Å²) in [6, 6.07) is 4.58. The number of aromatic nitrogens is 1. The van der Waals surface area contributed by atoms with Crippen LogP contribution in [0.4, 0.5) is 11.4 Å². The van der Waals surface area contributed by atoms with E-state index in [0.29, 0.717) is 18.1 Å². The van der Waals surface area contributed by atoms with Gasteiger partial charge in [-0.3, -0.25) is 0 Å². The van der Waals surface area contributed by atoms with Gasteiger partial charge in [-0.2, -0.15) is 0 Å². The van der Waals surface area contributed by atoms with Crippen molar-refractivity contribution in [1.82, 2.24) is 4.98 Å². The topological polar surface area (TPSA) is 124 Å². The molecule has 0 saturated carbocycles. The number of oxazole rings is 1. The quantitative estimate of drug-likeness (QED) is 0.709. The van der Waals surface area contributed by atoms with Gasteiger partial charge < -0.3 is 15.5 Å². The van der Waals surface area contributed by atoms with Gasteiger partial charge in [0.15, 0.2) is 0 Å². The molecule has 0 aliphatic rings. The Hall–Kier alpha value is -2.06. The van der Waals surface area contributed by atoms with Crippen LogP contribution < -0.4 is 16.2 Å². The zero-order valence-corrected chi connectivity index (χ0v) is 11.8. The van der Waals surface area contributed by atoms with Crippen molar-refractivity contribution in [2.24, 2.45) is 5.14 Å². The maximum absolute atomic E-state index is 11.4. The Labute approximate surface area is 117 Å². The molecule has 7 nitrogen and oxygen atoms in total. The highest BCUT2D eigenvalue weighted by atomic mass is 32.2. The van der Waals surface area contributed by atoms with Crippen molar-refractivity contribution in [3.8, 4) is 0 Å². The fraction of sp³-hybridized carbons (Fsp3) is 0.250. The van der Waals surface area contributed by atoms with Gasteiger partial charge in [-0.15, -0.1) is 0 Å². The molecule has 8 heteroatoms. The van der Waals surface area contributed by atoms with Gasteiger partial charge in [0.05, 0.1) is 24.1 Å². The summed E-state index contributed by atoms with van der Waals surface area (Å²) in [5, 5.41) is 8.07. The summed E-state index contributed by atoms with van der Waals surface area (Å²) < 4.78 is 28.2. The van der Waals surface area contributed by atoms with Crippen LogP contribution in [0.5, 0.6) is 0 Å². The Morgan fingerprint density at radius 1 is 1.40 bits per heavy atom. The van der Waals surface area contributed by atoms with Crippen LogP contribution in [0.1, 0.15) is 18.6 Å². The molecule has 0 fully saturated rings. The summed E-state index contributed by atoms with van der Waals surface area (Å²) in [4.78, 5) is 3.98. The number of benzene rings is 1. The second kappa shape index (κ2) is 5.51. The highest BCUT2D eigenvalue weighted by Gasteiger charge is 2.14. The van der Waals surface area contributed by atoms with E-state index in [9.17, 15) is 8.42 Å². The van der Waals surface area contributed by atoms with Crippen LogP contribution in [0.25, 0.3) is 0 Å². The first kappa shape index (κ1) is 14.4. The number of anilines is 2. The molecule has 1 aromatic heterocycles. The van der Waals surface area contributed by atoms with Crippen molar-refractivity contribution in [2.75, 3.05) is 11.1 Å². The molecule has 0 unspecified atom stereocenters. The first-order chi connectivity index (χ1) is 9.41. The fourth-order valence-corrected chi connectivity index (χ4v) is 2.40. The van der Waals surface area contributed by atoms with E-state index in [4.69, 9.17) is 15.3 Å². The number of hydrogen-bond donors (Lipinski definition) is 3. The molecule has 0 saturated heterocycles. The lowest BCUT2D eigenvalue weighted by Crippen LogP contribution is -2.15. The minimum Gasteiger partial charge on any atom is -0.444 e. The molecule has 0 atom stereocenters. The molecule has 20 heavy (non-hydrogen) atoms. The largest absolute Gasteiger partial charge is 0.444 e. The Kier molecular flexibility index (Phi) is 3.96. The van der Waals surface area contributed by atoms with E-state index in [1.165, 1.54) is 6.07 Å². The highest BCUT2D eigenvalue weighted by Crippen LogP contribution is 2.26. The standard InChI is InChI=1S/C12H16N4O3S/c1-2-8-6-16-11(19-8)7-15-9-4-3-5-10(12(9)13)20(14,17)18/h3-6,15H,2,7,13H2,1H3,(H2,14,17,18). The summed E-state index contributed by atoms with van der Waals surface area (Å²) in [5.74, 6) is 1.29. The normalized spacial score (nSPS) is 11.5. The summed E-state index contributed by atoms with van der Waals surface area (Å²) in [5.41, 5.74) is 6.34. The molecular weight excluding hydrogens is 280 g/mol. The molecule has 0 aliphatic heterocycles. The van der Waals surface area contributed by atoms with Gasteiger partial charge in [0.25, 0.3) is 0 Å². The SMILES string of the molecule is CCc1cnc(CNc2cccc(S(N)(=O)=O)c2N)o1. The van der Waals surface area contributed by atoms with Crippen molar-refractivity contribution in [3.05, 3.63) is 36.0 Å². The van der Waals surface area contributed by atoms with Crippen LogP contribution in [0, 0.1) is 0 Å². The van der Waals surface area contributed by atoms with Gasteiger partial charge in [0.2, 0.25) is 15.9 Å². The van der Waals surface area contributed by atoms with Crippen molar-refractivity contribution < 1.29 is 12.8 Å². The number of primary sulfonamides is 1. The van der Waals surface area contributed by atoms with E-state index in [0.717, 1.165) is 12.2 Å². The number of nitrogen functional groups attached to an aromatic ring is 1. The Morgan fingerprint density at radius 2 is 2.15 bits per heavy atom. The lowest BCUT2D eigenvalue weighted by molar-refractivity contribution is 0.466. The Balaban J connectivity index is 2.18. The molecule has 0 bridgehead atoms. The van der Waals surface area contributed by atoms with Crippen LogP contribution >= 0.6 is 0 Å². The molecule has 5 N–H and O–H groups in total. The Morgan fingerprint density at radius 3 is 2.75 bits per heavy atom. The smallest absolute Gasteiger partial charge is 0.240 e. The van der Waals surface area contributed by atoms with Gasteiger partial charge in [-0.1, -0.05) is 13.0 Å². The average molecular weight is 296 g/mol. The van der Waals surface area contributed by atoms with Crippen molar-refractivity contribution in [3.63, 3.8) is 0 Å². The molecule has 1 heterocycles. The molecule has 0 radical (unpaired) electrons. The first-order valence-electron chi connectivity index (χ1n) is 6.00. The highest BCUT2D eigenvalue weighted by molar-refractivity contribution is 7.89. The summed E-state index contributed by atoms with van der Waals surface area (Å²) >= 11 is 0. The summed E-state index contributed by atoms with van der Waals surface area (Å²) in [7, 11) is -3.84. The predicted octanol–water partition coefficient (Wildman–Crippen LogP) is 1.08. The lowest BCUT2D eigenvalue weighted by atomic mass is 10.2. The number of sulfonamides is 1. The number of hydrogen-bond acceptors (Lipinski definition) is 6. The minimum atomic E-state index is -3.84. The lowest BCUT2D eigenvalue weighted by Gasteiger charge is -2.10. The van der Waals surface area contributed by atoms with Gasteiger partial charge in [-0.05, 0) is 12.1 Å². The zero-order chi connectivity index (χ0) is 14.8. The molecule has 0 spiro atoms. The van der Waals surface area contributed by atoms with Gasteiger partial charge >= 0.3 is 0 Å². The number of nitrogens with zero attached hydrogens (tertiary/aromatic N) is 1. The van der Waals surface area contributed by atoms with Crippen molar-refractivity contribution >= 4 is 21.4 Å². The summed E-state index contributed by atoms with van der Waals surface area (Å²) in [6.07, 6.45) is 2.41.